The summed E-state index contributed by atoms with van der Waals surface area (Å²) in [5, 5.41) is 3.83. The number of benzene rings is 1. The fourth-order valence-electron chi connectivity index (χ4n) is 1.79. The average molecular weight is 349 g/mol. The van der Waals surface area contributed by atoms with Gasteiger partial charge in [0.2, 0.25) is 0 Å². The van der Waals surface area contributed by atoms with Crippen LogP contribution in [0, 0.1) is 5.82 Å². The zero-order valence-corrected chi connectivity index (χ0v) is 12.9. The van der Waals surface area contributed by atoms with Gasteiger partial charge in [0.1, 0.15) is 5.82 Å². The molecule has 0 radical (unpaired) electrons. The van der Waals surface area contributed by atoms with E-state index in [1.165, 1.54) is 6.07 Å². The highest BCUT2D eigenvalue weighted by atomic mass is 79.9. The van der Waals surface area contributed by atoms with E-state index in [0.717, 1.165) is 15.2 Å². The summed E-state index contributed by atoms with van der Waals surface area (Å²) >= 11 is 11.0. The minimum absolute atomic E-state index is 0.162. The Balaban J connectivity index is 2.44. The molecule has 0 bridgehead atoms. The third-order valence-corrected chi connectivity index (χ3v) is 4.48. The second kappa shape index (κ2) is 6.15. The summed E-state index contributed by atoms with van der Waals surface area (Å²) in [6, 6.07) is 8.44. The highest BCUT2D eigenvalue weighted by Gasteiger charge is 2.19. The molecule has 2 aromatic rings. The zero-order valence-electron chi connectivity index (χ0n) is 9.71. The normalized spacial score (nSPS) is 12.7. The smallest absolute Gasteiger partial charge is 0.128 e. The largest absolute Gasteiger partial charge is 0.306 e. The quantitative estimate of drug-likeness (QED) is 0.819. The molecule has 18 heavy (non-hydrogen) atoms. The predicted molar refractivity (Wildman–Crippen MR) is 78.9 cm³/mol. The third-order valence-electron chi connectivity index (χ3n) is 2.56. The van der Waals surface area contributed by atoms with E-state index in [2.05, 4.69) is 21.2 Å². The minimum Gasteiger partial charge on any atom is -0.306 e. The molecule has 1 aromatic heterocycles. The highest BCUT2D eigenvalue weighted by molar-refractivity contribution is 9.11. The molecule has 1 N–H and O–H groups in total. The summed E-state index contributed by atoms with van der Waals surface area (Å²) in [5.74, 6) is -0.241. The molecule has 1 aromatic carbocycles. The Morgan fingerprint density at radius 2 is 2.17 bits per heavy atom. The number of thiophene rings is 1. The van der Waals surface area contributed by atoms with E-state index >= 15 is 0 Å². The van der Waals surface area contributed by atoms with Gasteiger partial charge in [-0.05, 0) is 52.8 Å². The molecule has 0 spiro atoms. The Morgan fingerprint density at radius 1 is 1.39 bits per heavy atom. The lowest BCUT2D eigenvalue weighted by Gasteiger charge is -2.17. The van der Waals surface area contributed by atoms with E-state index in [1.54, 1.807) is 23.5 Å². The van der Waals surface area contributed by atoms with Crippen LogP contribution in [0.1, 0.15) is 23.4 Å². The number of nitrogens with one attached hydrogen (secondary N) is 1. The van der Waals surface area contributed by atoms with Crippen LogP contribution in [0.4, 0.5) is 4.39 Å². The third kappa shape index (κ3) is 3.12. The topological polar surface area (TPSA) is 12.0 Å². The monoisotopic (exact) mass is 347 g/mol. The lowest BCUT2D eigenvalue weighted by Crippen LogP contribution is -2.22. The van der Waals surface area contributed by atoms with Crippen LogP contribution in [0.15, 0.2) is 34.1 Å². The lowest BCUT2D eigenvalue weighted by atomic mass is 10.0. The molecule has 0 saturated carbocycles. The Labute approximate surface area is 123 Å². The van der Waals surface area contributed by atoms with E-state index in [0.29, 0.717) is 10.6 Å². The van der Waals surface area contributed by atoms with Gasteiger partial charge in [-0.1, -0.05) is 18.5 Å². The van der Waals surface area contributed by atoms with Gasteiger partial charge in [0.15, 0.2) is 0 Å². The summed E-state index contributed by atoms with van der Waals surface area (Å²) in [5.41, 5.74) is 0.582. The van der Waals surface area contributed by atoms with Gasteiger partial charge in [-0.3, -0.25) is 0 Å². The van der Waals surface area contributed by atoms with E-state index in [1.807, 2.05) is 19.1 Å². The van der Waals surface area contributed by atoms with Crippen molar-refractivity contribution in [1.82, 2.24) is 5.32 Å². The SMILES string of the molecule is CCNC(c1ccc(Br)s1)c1cc(Cl)ccc1F. The fourth-order valence-corrected chi connectivity index (χ4v) is 3.49. The van der Waals surface area contributed by atoms with Gasteiger partial charge in [0.05, 0.1) is 9.83 Å². The zero-order chi connectivity index (χ0) is 13.1. The van der Waals surface area contributed by atoms with E-state index in [-0.39, 0.29) is 11.9 Å². The van der Waals surface area contributed by atoms with E-state index < -0.39 is 0 Å². The average Bonchev–Trinajstić information content (AvgIpc) is 2.76. The Morgan fingerprint density at radius 3 is 2.78 bits per heavy atom. The molecule has 0 saturated heterocycles. The van der Waals surface area contributed by atoms with Crippen LogP contribution < -0.4 is 5.32 Å². The number of hydrogen-bond acceptors (Lipinski definition) is 2. The van der Waals surface area contributed by atoms with E-state index in [4.69, 9.17) is 11.6 Å². The van der Waals surface area contributed by atoms with Crippen LogP contribution in [0.25, 0.3) is 0 Å². The van der Waals surface area contributed by atoms with Gasteiger partial charge in [0, 0.05) is 15.5 Å². The Kier molecular flexibility index (Phi) is 4.78. The number of hydrogen-bond donors (Lipinski definition) is 1. The van der Waals surface area contributed by atoms with Crippen molar-refractivity contribution in [1.29, 1.82) is 0 Å². The van der Waals surface area contributed by atoms with Gasteiger partial charge in [0.25, 0.3) is 0 Å². The summed E-state index contributed by atoms with van der Waals surface area (Å²) in [6.07, 6.45) is 0. The van der Waals surface area contributed by atoms with Crippen molar-refractivity contribution in [3.63, 3.8) is 0 Å². The predicted octanol–water partition coefficient (Wildman–Crippen LogP) is 5.00. The molecular weight excluding hydrogens is 337 g/mol. The van der Waals surface area contributed by atoms with Gasteiger partial charge in [-0.25, -0.2) is 4.39 Å². The van der Waals surface area contributed by atoms with Crippen molar-refractivity contribution in [3.05, 3.63) is 55.4 Å². The van der Waals surface area contributed by atoms with Crippen LogP contribution >= 0.6 is 38.9 Å². The highest BCUT2D eigenvalue weighted by Crippen LogP contribution is 2.33. The molecule has 1 unspecified atom stereocenters. The molecule has 1 nitrogen and oxygen atoms in total. The maximum atomic E-state index is 13.9. The first-order chi connectivity index (χ1) is 8.61. The van der Waals surface area contributed by atoms with Gasteiger partial charge < -0.3 is 5.32 Å². The first-order valence-corrected chi connectivity index (χ1v) is 7.54. The Hall–Kier alpha value is -0.420. The summed E-state index contributed by atoms with van der Waals surface area (Å²) in [6.45, 7) is 2.75. The molecule has 0 amide bonds. The molecule has 1 atom stereocenters. The van der Waals surface area contributed by atoms with Crippen molar-refractivity contribution in [2.45, 2.75) is 13.0 Å². The van der Waals surface area contributed by atoms with Crippen molar-refractivity contribution < 1.29 is 4.39 Å². The molecule has 96 valence electrons. The second-order valence-corrected chi connectivity index (χ2v) is 6.73. The summed E-state index contributed by atoms with van der Waals surface area (Å²) in [4.78, 5) is 1.06. The van der Waals surface area contributed by atoms with Crippen molar-refractivity contribution >= 4 is 38.9 Å². The molecule has 5 heteroatoms. The van der Waals surface area contributed by atoms with Crippen LogP contribution in [0.5, 0.6) is 0 Å². The van der Waals surface area contributed by atoms with Crippen LogP contribution in [-0.2, 0) is 0 Å². The van der Waals surface area contributed by atoms with Gasteiger partial charge in [-0.15, -0.1) is 11.3 Å². The second-order valence-electron chi connectivity index (χ2n) is 3.80. The Bertz CT molecular complexity index is 544. The first-order valence-electron chi connectivity index (χ1n) is 5.55. The molecule has 0 aliphatic rings. The number of rotatable bonds is 4. The molecule has 2 rings (SSSR count). The maximum Gasteiger partial charge on any atom is 0.128 e. The van der Waals surface area contributed by atoms with Crippen LogP contribution in [0.3, 0.4) is 0 Å². The lowest BCUT2D eigenvalue weighted by molar-refractivity contribution is 0.563. The first kappa shape index (κ1) is 14.0. The standard InChI is InChI=1S/C13H12BrClFNS/c1-2-17-13(11-5-6-12(14)18-11)9-7-8(15)3-4-10(9)16/h3-7,13,17H,2H2,1H3. The molecule has 0 aliphatic carbocycles. The van der Waals surface area contributed by atoms with Crippen LogP contribution in [-0.4, -0.2) is 6.54 Å². The van der Waals surface area contributed by atoms with Gasteiger partial charge >= 0.3 is 0 Å². The number of halogens is 3. The maximum absolute atomic E-state index is 13.9. The molecule has 0 aliphatic heterocycles. The summed E-state index contributed by atoms with van der Waals surface area (Å²) in [7, 11) is 0. The molecule has 0 fully saturated rings. The fraction of sp³-hybridized carbons (Fsp3) is 0.231. The van der Waals surface area contributed by atoms with Crippen LogP contribution in [0.2, 0.25) is 5.02 Å². The summed E-state index contributed by atoms with van der Waals surface area (Å²) < 4.78 is 15.0. The van der Waals surface area contributed by atoms with Gasteiger partial charge in [-0.2, -0.15) is 0 Å². The minimum atomic E-state index is -0.241. The van der Waals surface area contributed by atoms with E-state index in [9.17, 15) is 4.39 Å². The van der Waals surface area contributed by atoms with Crippen molar-refractivity contribution in [2.24, 2.45) is 0 Å². The van der Waals surface area contributed by atoms with Crippen molar-refractivity contribution in [3.8, 4) is 0 Å². The van der Waals surface area contributed by atoms with Crippen molar-refractivity contribution in [2.75, 3.05) is 6.54 Å². The molecule has 1 heterocycles. The molecular formula is C13H12BrClFNS.